The summed E-state index contributed by atoms with van der Waals surface area (Å²) in [5.41, 5.74) is 2.85. The third kappa shape index (κ3) is 4.59. The van der Waals surface area contributed by atoms with Gasteiger partial charge in [-0.2, -0.15) is 0 Å². The molecule has 2 aromatic rings. The molecule has 0 saturated carbocycles. The van der Waals surface area contributed by atoms with Crippen LogP contribution in [0.3, 0.4) is 0 Å². The molecule has 5 N–H and O–H groups in total. The highest BCUT2D eigenvalue weighted by atomic mass is 16.4. The Morgan fingerprint density at radius 3 is 2.39 bits per heavy atom. The average molecular weight is 383 g/mol. The fourth-order valence-electron chi connectivity index (χ4n) is 3.10. The van der Waals surface area contributed by atoms with Gasteiger partial charge >= 0.3 is 11.9 Å². The molecule has 0 saturated heterocycles. The van der Waals surface area contributed by atoms with Gasteiger partial charge in [0.05, 0.1) is 0 Å². The molecule has 0 fully saturated rings. The van der Waals surface area contributed by atoms with Gasteiger partial charge in [0.15, 0.2) is 0 Å². The zero-order valence-corrected chi connectivity index (χ0v) is 15.0. The molecule has 8 heteroatoms. The molecular weight excluding hydrogens is 362 g/mol. The number of benzene rings is 2. The number of aliphatic carboxylic acids is 2. The van der Waals surface area contributed by atoms with Gasteiger partial charge in [0, 0.05) is 29.9 Å². The molecule has 1 aliphatic rings. The minimum Gasteiger partial charge on any atom is -0.480 e. The summed E-state index contributed by atoms with van der Waals surface area (Å²) in [7, 11) is 0. The molecule has 0 spiro atoms. The standard InChI is InChI=1S/C20H21N3O5/c24-18(13-6-7-15-12(10-13)8-9-21-15)23-17(20(27)28)11-16(19(25)26)22-14-4-2-1-3-5-14/h1-7,10,16-17,21-22H,8-9,11H2,(H,23,24)(H,25,26)(H,27,28)/t16?,17-/m1/s1. The Labute approximate surface area is 161 Å². The molecule has 2 atom stereocenters. The predicted octanol–water partition coefficient (Wildman–Crippen LogP) is 1.79. The van der Waals surface area contributed by atoms with Crippen LogP contribution in [0.4, 0.5) is 11.4 Å². The Balaban J connectivity index is 1.70. The number of carbonyl (C=O) groups excluding carboxylic acids is 1. The number of rotatable bonds is 8. The van der Waals surface area contributed by atoms with Crippen LogP contribution in [0.5, 0.6) is 0 Å². The lowest BCUT2D eigenvalue weighted by molar-refractivity contribution is -0.141. The number of anilines is 2. The zero-order valence-electron chi connectivity index (χ0n) is 15.0. The van der Waals surface area contributed by atoms with Crippen molar-refractivity contribution in [3.05, 3.63) is 59.7 Å². The monoisotopic (exact) mass is 383 g/mol. The van der Waals surface area contributed by atoms with E-state index >= 15 is 0 Å². The van der Waals surface area contributed by atoms with Crippen molar-refractivity contribution in [1.82, 2.24) is 5.32 Å². The number of fused-ring (bicyclic) bond motifs is 1. The average Bonchev–Trinajstić information content (AvgIpc) is 3.15. The predicted molar refractivity (Wildman–Crippen MR) is 104 cm³/mol. The van der Waals surface area contributed by atoms with Crippen molar-refractivity contribution in [2.75, 3.05) is 17.2 Å². The smallest absolute Gasteiger partial charge is 0.326 e. The summed E-state index contributed by atoms with van der Waals surface area (Å²) < 4.78 is 0. The van der Waals surface area contributed by atoms with Crippen LogP contribution >= 0.6 is 0 Å². The van der Waals surface area contributed by atoms with Gasteiger partial charge in [-0.05, 0) is 42.3 Å². The van der Waals surface area contributed by atoms with Crippen molar-refractivity contribution < 1.29 is 24.6 Å². The van der Waals surface area contributed by atoms with Crippen molar-refractivity contribution in [3.8, 4) is 0 Å². The lowest BCUT2D eigenvalue weighted by Gasteiger charge is -2.21. The van der Waals surface area contributed by atoms with E-state index in [4.69, 9.17) is 0 Å². The van der Waals surface area contributed by atoms with E-state index in [0.717, 1.165) is 24.2 Å². The summed E-state index contributed by atoms with van der Waals surface area (Å²) in [6, 6.07) is 11.2. The van der Waals surface area contributed by atoms with Gasteiger partial charge in [-0.3, -0.25) is 4.79 Å². The fraction of sp³-hybridized carbons (Fsp3) is 0.250. The van der Waals surface area contributed by atoms with Crippen molar-refractivity contribution in [1.29, 1.82) is 0 Å². The second-order valence-electron chi connectivity index (χ2n) is 6.55. The summed E-state index contributed by atoms with van der Waals surface area (Å²) in [5, 5.41) is 27.3. The third-order valence-electron chi connectivity index (χ3n) is 4.56. The van der Waals surface area contributed by atoms with E-state index in [1.165, 1.54) is 0 Å². The van der Waals surface area contributed by atoms with Crippen LogP contribution in [0.2, 0.25) is 0 Å². The van der Waals surface area contributed by atoms with E-state index in [9.17, 15) is 24.6 Å². The van der Waals surface area contributed by atoms with Gasteiger partial charge < -0.3 is 26.2 Å². The first-order valence-electron chi connectivity index (χ1n) is 8.89. The largest absolute Gasteiger partial charge is 0.480 e. The van der Waals surface area contributed by atoms with Crippen molar-refractivity contribution in [2.45, 2.75) is 24.9 Å². The number of hydrogen-bond acceptors (Lipinski definition) is 5. The molecule has 1 amide bonds. The van der Waals surface area contributed by atoms with Gasteiger partial charge in [-0.25, -0.2) is 9.59 Å². The van der Waals surface area contributed by atoms with E-state index in [1.807, 2.05) is 0 Å². The molecule has 1 aliphatic heterocycles. The quantitative estimate of drug-likeness (QED) is 0.470. The first-order valence-corrected chi connectivity index (χ1v) is 8.89. The van der Waals surface area contributed by atoms with Crippen molar-refractivity contribution >= 4 is 29.2 Å². The van der Waals surface area contributed by atoms with Crippen LogP contribution < -0.4 is 16.0 Å². The van der Waals surface area contributed by atoms with E-state index in [0.29, 0.717) is 11.3 Å². The van der Waals surface area contributed by atoms with Crippen LogP contribution in [0.15, 0.2) is 48.5 Å². The van der Waals surface area contributed by atoms with Crippen molar-refractivity contribution in [2.24, 2.45) is 0 Å². The molecule has 0 aromatic heterocycles. The maximum absolute atomic E-state index is 12.5. The number of carboxylic acid groups (broad SMARTS) is 2. The minimum absolute atomic E-state index is 0.308. The van der Waals surface area contributed by atoms with Gasteiger partial charge in [0.2, 0.25) is 0 Å². The minimum atomic E-state index is -1.35. The van der Waals surface area contributed by atoms with Gasteiger partial charge in [-0.1, -0.05) is 18.2 Å². The topological polar surface area (TPSA) is 128 Å². The molecule has 1 unspecified atom stereocenters. The van der Waals surface area contributed by atoms with Gasteiger partial charge in [0.1, 0.15) is 12.1 Å². The Kier molecular flexibility index (Phi) is 5.78. The number of nitrogens with one attached hydrogen (secondary N) is 3. The van der Waals surface area contributed by atoms with Gasteiger partial charge in [-0.15, -0.1) is 0 Å². The first kappa shape index (κ1) is 19.2. The molecule has 0 bridgehead atoms. The van der Waals surface area contributed by atoms with Gasteiger partial charge in [0.25, 0.3) is 5.91 Å². The molecule has 28 heavy (non-hydrogen) atoms. The van der Waals surface area contributed by atoms with E-state index in [-0.39, 0.29) is 6.42 Å². The van der Waals surface area contributed by atoms with Crippen LogP contribution in [0, 0.1) is 0 Å². The van der Waals surface area contributed by atoms with Crippen LogP contribution in [0.25, 0.3) is 0 Å². The SMILES string of the molecule is O=C(N[C@H](CC(Nc1ccccc1)C(=O)O)C(=O)O)c1ccc2c(c1)CCN2. The molecule has 0 radical (unpaired) electrons. The Morgan fingerprint density at radius 2 is 1.71 bits per heavy atom. The maximum Gasteiger partial charge on any atom is 0.326 e. The Morgan fingerprint density at radius 1 is 1.00 bits per heavy atom. The third-order valence-corrected chi connectivity index (χ3v) is 4.56. The van der Waals surface area contributed by atoms with E-state index in [1.54, 1.807) is 48.5 Å². The summed E-state index contributed by atoms with van der Waals surface area (Å²) in [6.45, 7) is 0.795. The molecule has 8 nitrogen and oxygen atoms in total. The molecular formula is C20H21N3O5. The number of para-hydroxylation sites is 1. The lowest BCUT2D eigenvalue weighted by atomic mass is 10.0. The molecule has 1 heterocycles. The Bertz CT molecular complexity index is 885. The first-order chi connectivity index (χ1) is 13.4. The molecule has 146 valence electrons. The second kappa shape index (κ2) is 8.43. The second-order valence-corrected chi connectivity index (χ2v) is 6.55. The van der Waals surface area contributed by atoms with E-state index in [2.05, 4.69) is 16.0 Å². The Hall–Kier alpha value is -3.55. The van der Waals surface area contributed by atoms with Crippen LogP contribution in [-0.2, 0) is 16.0 Å². The summed E-state index contributed by atoms with van der Waals surface area (Å²) in [5.74, 6) is -3.05. The number of amides is 1. The highest BCUT2D eigenvalue weighted by molar-refractivity contribution is 5.97. The fourth-order valence-corrected chi connectivity index (χ4v) is 3.10. The normalized spacial score (nSPS) is 14.3. The number of carboxylic acids is 2. The molecule has 2 aromatic carbocycles. The maximum atomic E-state index is 12.5. The van der Waals surface area contributed by atoms with Crippen LogP contribution in [0.1, 0.15) is 22.3 Å². The lowest BCUT2D eigenvalue weighted by Crippen LogP contribution is -2.46. The summed E-state index contributed by atoms with van der Waals surface area (Å²) >= 11 is 0. The summed E-state index contributed by atoms with van der Waals surface area (Å²) in [6.07, 6.45) is 0.485. The van der Waals surface area contributed by atoms with E-state index < -0.39 is 29.9 Å². The summed E-state index contributed by atoms with van der Waals surface area (Å²) in [4.78, 5) is 35.7. The highest BCUT2D eigenvalue weighted by Gasteiger charge is 2.29. The zero-order chi connectivity index (χ0) is 20.1. The van der Waals surface area contributed by atoms with Crippen LogP contribution in [-0.4, -0.2) is 46.7 Å². The number of hydrogen-bond donors (Lipinski definition) is 5. The number of carbonyl (C=O) groups is 3. The highest BCUT2D eigenvalue weighted by Crippen LogP contribution is 2.23. The molecule has 0 aliphatic carbocycles. The van der Waals surface area contributed by atoms with Crippen molar-refractivity contribution in [3.63, 3.8) is 0 Å². The molecule has 3 rings (SSSR count).